The molecule has 4 rings (SSSR count). The van der Waals surface area contributed by atoms with Crippen LogP contribution >= 0.6 is 11.3 Å². The van der Waals surface area contributed by atoms with E-state index in [1.165, 1.54) is 27.8 Å². The number of carbonyl (C=O) groups excluding carboxylic acids is 1. The number of hydrogen-bond donors (Lipinski definition) is 0. The molecule has 2 heterocycles. The van der Waals surface area contributed by atoms with Crippen LogP contribution in [0.3, 0.4) is 0 Å². The fraction of sp³-hybridized carbons (Fsp3) is 0.227. The summed E-state index contributed by atoms with van der Waals surface area (Å²) in [5.74, 6) is 0.0877. The molecule has 132 valence electrons. The molecule has 0 saturated carbocycles. The average molecular weight is 363 g/mol. The standard InChI is InChI=1S/C22H21NO2S/c1-3-25-11-10-23-19-8-6-15(2)13-17(19)18-14-16(7-9-20(18)23)22(24)21-5-4-12-26-21/h4-9,12-14H,3,10-11H2,1-2H3. The fourth-order valence-electron chi connectivity index (χ4n) is 3.45. The largest absolute Gasteiger partial charge is 0.380 e. The zero-order valence-electron chi connectivity index (χ0n) is 15.0. The number of ketones is 1. The molecule has 0 aliphatic heterocycles. The molecule has 0 spiro atoms. The van der Waals surface area contributed by atoms with Gasteiger partial charge in [0, 0.05) is 40.5 Å². The highest BCUT2D eigenvalue weighted by Crippen LogP contribution is 2.31. The molecule has 26 heavy (non-hydrogen) atoms. The van der Waals surface area contributed by atoms with Gasteiger partial charge in [0.2, 0.25) is 5.78 Å². The van der Waals surface area contributed by atoms with Crippen molar-refractivity contribution in [2.24, 2.45) is 0 Å². The van der Waals surface area contributed by atoms with Gasteiger partial charge in [-0.1, -0.05) is 17.7 Å². The van der Waals surface area contributed by atoms with Crippen molar-refractivity contribution >= 4 is 38.9 Å². The van der Waals surface area contributed by atoms with E-state index >= 15 is 0 Å². The molecule has 4 aromatic rings. The number of aromatic nitrogens is 1. The third-order valence-electron chi connectivity index (χ3n) is 4.69. The number of hydrogen-bond acceptors (Lipinski definition) is 3. The second kappa shape index (κ2) is 7.06. The highest BCUT2D eigenvalue weighted by molar-refractivity contribution is 7.12. The number of carbonyl (C=O) groups is 1. The molecule has 0 radical (unpaired) electrons. The normalized spacial score (nSPS) is 11.5. The van der Waals surface area contributed by atoms with Crippen LogP contribution in [0.2, 0.25) is 0 Å². The van der Waals surface area contributed by atoms with Crippen LogP contribution in [-0.4, -0.2) is 23.6 Å². The first-order chi connectivity index (χ1) is 12.7. The Bertz CT molecular complexity index is 1080. The van der Waals surface area contributed by atoms with Crippen LogP contribution in [0.1, 0.15) is 27.7 Å². The lowest BCUT2D eigenvalue weighted by Crippen LogP contribution is -2.05. The Morgan fingerprint density at radius 3 is 2.58 bits per heavy atom. The van der Waals surface area contributed by atoms with Crippen molar-refractivity contribution in [3.63, 3.8) is 0 Å². The van der Waals surface area contributed by atoms with Crippen LogP contribution in [0.4, 0.5) is 0 Å². The smallest absolute Gasteiger partial charge is 0.202 e. The predicted octanol–water partition coefficient (Wildman–Crippen LogP) is 5.43. The number of fused-ring (bicyclic) bond motifs is 3. The van der Waals surface area contributed by atoms with Crippen LogP contribution in [0.15, 0.2) is 53.9 Å². The highest BCUT2D eigenvalue weighted by Gasteiger charge is 2.15. The first-order valence-corrected chi connectivity index (χ1v) is 9.75. The summed E-state index contributed by atoms with van der Waals surface area (Å²) in [5.41, 5.74) is 4.29. The molecule has 0 aliphatic rings. The summed E-state index contributed by atoms with van der Waals surface area (Å²) in [4.78, 5) is 13.5. The van der Waals surface area contributed by atoms with Crippen molar-refractivity contribution < 1.29 is 9.53 Å². The van der Waals surface area contributed by atoms with Crippen molar-refractivity contribution in [3.05, 3.63) is 69.9 Å². The zero-order valence-corrected chi connectivity index (χ0v) is 15.8. The summed E-state index contributed by atoms with van der Waals surface area (Å²) in [6.45, 7) is 6.31. The van der Waals surface area contributed by atoms with E-state index in [2.05, 4.69) is 35.8 Å². The van der Waals surface area contributed by atoms with Gasteiger partial charge in [0.05, 0.1) is 11.5 Å². The maximum Gasteiger partial charge on any atom is 0.202 e. The molecular weight excluding hydrogens is 342 g/mol. The Kier molecular flexibility index (Phi) is 4.62. The minimum absolute atomic E-state index is 0.0877. The predicted molar refractivity (Wildman–Crippen MR) is 108 cm³/mol. The van der Waals surface area contributed by atoms with Gasteiger partial charge in [-0.15, -0.1) is 11.3 Å². The summed E-state index contributed by atoms with van der Waals surface area (Å²) in [7, 11) is 0. The van der Waals surface area contributed by atoms with E-state index in [4.69, 9.17) is 4.74 Å². The molecule has 0 amide bonds. The zero-order chi connectivity index (χ0) is 18.1. The second-order valence-corrected chi connectivity index (χ2v) is 7.36. The molecule has 0 N–H and O–H groups in total. The first kappa shape index (κ1) is 17.0. The Labute approximate surface area is 156 Å². The molecule has 4 heteroatoms. The van der Waals surface area contributed by atoms with E-state index in [0.29, 0.717) is 6.61 Å². The molecular formula is C22H21NO2S. The molecule has 0 unspecified atom stereocenters. The van der Waals surface area contributed by atoms with Crippen molar-refractivity contribution in [1.29, 1.82) is 0 Å². The third-order valence-corrected chi connectivity index (χ3v) is 5.56. The summed E-state index contributed by atoms with van der Waals surface area (Å²) in [5, 5.41) is 4.26. The lowest BCUT2D eigenvalue weighted by atomic mass is 10.0. The SMILES string of the molecule is CCOCCn1c2ccc(C)cc2c2cc(C(=O)c3cccs3)ccc21. The minimum Gasteiger partial charge on any atom is -0.380 e. The summed E-state index contributed by atoms with van der Waals surface area (Å²) < 4.78 is 7.86. The molecule has 0 fully saturated rings. The van der Waals surface area contributed by atoms with E-state index in [-0.39, 0.29) is 5.78 Å². The van der Waals surface area contributed by atoms with Crippen molar-refractivity contribution in [1.82, 2.24) is 4.57 Å². The summed E-state index contributed by atoms with van der Waals surface area (Å²) >= 11 is 1.48. The molecule has 2 aromatic heterocycles. The van der Waals surface area contributed by atoms with Gasteiger partial charge in [-0.2, -0.15) is 0 Å². The van der Waals surface area contributed by atoms with Crippen LogP contribution in [0.25, 0.3) is 21.8 Å². The maximum atomic E-state index is 12.8. The van der Waals surface area contributed by atoms with Crippen molar-refractivity contribution in [3.8, 4) is 0 Å². The van der Waals surface area contributed by atoms with Gasteiger partial charge in [0.25, 0.3) is 0 Å². The first-order valence-electron chi connectivity index (χ1n) is 8.87. The van der Waals surface area contributed by atoms with Gasteiger partial charge < -0.3 is 9.30 Å². The summed E-state index contributed by atoms with van der Waals surface area (Å²) in [6.07, 6.45) is 0. The van der Waals surface area contributed by atoms with Gasteiger partial charge in [0.15, 0.2) is 0 Å². The Morgan fingerprint density at radius 2 is 1.85 bits per heavy atom. The number of benzene rings is 2. The number of ether oxygens (including phenoxy) is 1. The Balaban J connectivity index is 1.87. The van der Waals surface area contributed by atoms with Crippen LogP contribution in [0.5, 0.6) is 0 Å². The van der Waals surface area contributed by atoms with Crippen LogP contribution in [0, 0.1) is 6.92 Å². The fourth-order valence-corrected chi connectivity index (χ4v) is 4.14. The number of thiophene rings is 1. The Morgan fingerprint density at radius 1 is 1.08 bits per heavy atom. The lowest BCUT2D eigenvalue weighted by molar-refractivity contribution is 0.104. The Hall–Kier alpha value is -2.43. The lowest BCUT2D eigenvalue weighted by Gasteiger charge is -2.08. The number of nitrogens with zero attached hydrogens (tertiary/aromatic N) is 1. The molecule has 0 bridgehead atoms. The van der Waals surface area contributed by atoms with E-state index in [0.717, 1.165) is 34.5 Å². The molecule has 0 atom stereocenters. The van der Waals surface area contributed by atoms with E-state index < -0.39 is 0 Å². The highest BCUT2D eigenvalue weighted by atomic mass is 32.1. The quantitative estimate of drug-likeness (QED) is 0.338. The monoisotopic (exact) mass is 363 g/mol. The maximum absolute atomic E-state index is 12.8. The molecule has 0 aliphatic carbocycles. The van der Waals surface area contributed by atoms with Gasteiger partial charge >= 0.3 is 0 Å². The average Bonchev–Trinajstić information content (AvgIpc) is 3.28. The van der Waals surface area contributed by atoms with E-state index in [1.54, 1.807) is 0 Å². The number of aryl methyl sites for hydroxylation is 1. The molecule has 2 aromatic carbocycles. The molecule has 3 nitrogen and oxygen atoms in total. The van der Waals surface area contributed by atoms with Gasteiger partial charge in [0.1, 0.15) is 0 Å². The van der Waals surface area contributed by atoms with Crippen molar-refractivity contribution in [2.45, 2.75) is 20.4 Å². The van der Waals surface area contributed by atoms with Crippen LogP contribution < -0.4 is 0 Å². The van der Waals surface area contributed by atoms with Gasteiger partial charge in [-0.25, -0.2) is 0 Å². The third kappa shape index (κ3) is 2.96. The van der Waals surface area contributed by atoms with Crippen molar-refractivity contribution in [2.75, 3.05) is 13.2 Å². The summed E-state index contributed by atoms with van der Waals surface area (Å²) in [6, 6.07) is 16.3. The second-order valence-electron chi connectivity index (χ2n) is 6.41. The van der Waals surface area contributed by atoms with Crippen LogP contribution in [-0.2, 0) is 11.3 Å². The van der Waals surface area contributed by atoms with E-state index in [1.807, 2.05) is 36.6 Å². The number of rotatable bonds is 6. The van der Waals surface area contributed by atoms with Gasteiger partial charge in [-0.3, -0.25) is 4.79 Å². The minimum atomic E-state index is 0.0877. The molecule has 0 saturated heterocycles. The van der Waals surface area contributed by atoms with Gasteiger partial charge in [-0.05, 0) is 55.6 Å². The van der Waals surface area contributed by atoms with E-state index in [9.17, 15) is 4.79 Å². The topological polar surface area (TPSA) is 31.2 Å².